The van der Waals surface area contributed by atoms with Crippen molar-refractivity contribution in [2.75, 3.05) is 14.2 Å². The first-order valence-electron chi connectivity index (χ1n) is 6.00. The molecule has 0 aromatic heterocycles. The fourth-order valence-corrected chi connectivity index (χ4v) is 2.55. The number of methoxy groups -OCH3 is 1. The predicted molar refractivity (Wildman–Crippen MR) is 66.6 cm³/mol. The summed E-state index contributed by atoms with van der Waals surface area (Å²) < 4.78 is 18.6. The minimum atomic E-state index is -0.288. The van der Waals surface area contributed by atoms with Crippen molar-refractivity contribution in [3.63, 3.8) is 0 Å². The van der Waals surface area contributed by atoms with Crippen molar-refractivity contribution in [2.45, 2.75) is 26.3 Å². The quantitative estimate of drug-likeness (QED) is 0.868. The summed E-state index contributed by atoms with van der Waals surface area (Å²) in [5.41, 5.74) is 1.37. The molecule has 1 aromatic rings. The summed E-state index contributed by atoms with van der Waals surface area (Å²) in [5, 5.41) is 3.29. The monoisotopic (exact) mass is 237 g/mol. The van der Waals surface area contributed by atoms with E-state index in [2.05, 4.69) is 19.2 Å². The maximum atomic E-state index is 13.7. The zero-order valence-corrected chi connectivity index (χ0v) is 10.9. The van der Waals surface area contributed by atoms with Crippen LogP contribution < -0.4 is 10.1 Å². The Hall–Kier alpha value is -1.09. The van der Waals surface area contributed by atoms with Crippen LogP contribution in [0.3, 0.4) is 0 Å². The molecule has 0 bridgehead atoms. The molecule has 0 aliphatic heterocycles. The SMILES string of the molecule is CNC(c1ccc(OC)c(F)c1)C1CC1(C)C. The molecule has 94 valence electrons. The number of ether oxygens (including phenoxy) is 1. The van der Waals surface area contributed by atoms with Gasteiger partial charge in [0.25, 0.3) is 0 Å². The van der Waals surface area contributed by atoms with Gasteiger partial charge in [-0.2, -0.15) is 0 Å². The molecule has 0 saturated heterocycles. The summed E-state index contributed by atoms with van der Waals surface area (Å²) in [4.78, 5) is 0. The Bertz CT molecular complexity index is 417. The van der Waals surface area contributed by atoms with Crippen LogP contribution in [0.25, 0.3) is 0 Å². The molecule has 0 spiro atoms. The van der Waals surface area contributed by atoms with Crippen LogP contribution >= 0.6 is 0 Å². The summed E-state index contributed by atoms with van der Waals surface area (Å²) in [5.74, 6) is 0.600. The first-order valence-corrected chi connectivity index (χ1v) is 6.00. The van der Waals surface area contributed by atoms with E-state index in [1.165, 1.54) is 13.5 Å². The lowest BCUT2D eigenvalue weighted by Gasteiger charge is -2.19. The van der Waals surface area contributed by atoms with Gasteiger partial charge in [-0.3, -0.25) is 0 Å². The highest BCUT2D eigenvalue weighted by molar-refractivity contribution is 5.32. The van der Waals surface area contributed by atoms with Gasteiger partial charge in [0, 0.05) is 6.04 Å². The normalized spacial score (nSPS) is 23.2. The molecule has 1 N–H and O–H groups in total. The van der Waals surface area contributed by atoms with Gasteiger partial charge in [-0.05, 0) is 42.5 Å². The third-order valence-corrected chi connectivity index (χ3v) is 3.84. The number of rotatable bonds is 4. The highest BCUT2D eigenvalue weighted by atomic mass is 19.1. The Balaban J connectivity index is 2.23. The lowest BCUT2D eigenvalue weighted by atomic mass is 9.97. The Morgan fingerprint density at radius 1 is 1.47 bits per heavy atom. The topological polar surface area (TPSA) is 21.3 Å². The first-order chi connectivity index (χ1) is 7.99. The van der Waals surface area contributed by atoms with Gasteiger partial charge in [0.05, 0.1) is 7.11 Å². The van der Waals surface area contributed by atoms with E-state index >= 15 is 0 Å². The number of nitrogens with one attached hydrogen (secondary N) is 1. The molecule has 0 radical (unpaired) electrons. The Kier molecular flexibility index (Phi) is 3.13. The van der Waals surface area contributed by atoms with Gasteiger partial charge < -0.3 is 10.1 Å². The highest BCUT2D eigenvalue weighted by Crippen LogP contribution is 2.57. The second-order valence-electron chi connectivity index (χ2n) is 5.46. The van der Waals surface area contributed by atoms with Gasteiger partial charge in [0.15, 0.2) is 11.6 Å². The van der Waals surface area contributed by atoms with Gasteiger partial charge in [0.1, 0.15) is 0 Å². The Morgan fingerprint density at radius 2 is 2.12 bits per heavy atom. The van der Waals surface area contributed by atoms with Gasteiger partial charge in [-0.15, -0.1) is 0 Å². The smallest absolute Gasteiger partial charge is 0.165 e. The van der Waals surface area contributed by atoms with Crippen molar-refractivity contribution in [2.24, 2.45) is 11.3 Å². The third-order valence-electron chi connectivity index (χ3n) is 3.84. The molecule has 1 saturated carbocycles. The second-order valence-corrected chi connectivity index (χ2v) is 5.46. The first kappa shape index (κ1) is 12.4. The van der Waals surface area contributed by atoms with Crippen LogP contribution in [-0.2, 0) is 0 Å². The Labute approximate surface area is 102 Å². The van der Waals surface area contributed by atoms with E-state index in [0.717, 1.165) is 5.56 Å². The van der Waals surface area contributed by atoms with E-state index in [4.69, 9.17) is 4.74 Å². The molecule has 2 unspecified atom stereocenters. The van der Waals surface area contributed by atoms with E-state index in [1.807, 2.05) is 13.1 Å². The predicted octanol–water partition coefficient (Wildman–Crippen LogP) is 3.14. The van der Waals surface area contributed by atoms with Gasteiger partial charge in [0.2, 0.25) is 0 Å². The van der Waals surface area contributed by atoms with Crippen LogP contribution in [0, 0.1) is 17.2 Å². The van der Waals surface area contributed by atoms with Crippen molar-refractivity contribution in [1.29, 1.82) is 0 Å². The summed E-state index contributed by atoms with van der Waals surface area (Å²) in [6.45, 7) is 4.50. The average Bonchev–Trinajstić information content (AvgIpc) is 2.89. The molecule has 0 amide bonds. The standard InChI is InChI=1S/C14H20FNO/c1-14(2)8-10(14)13(16-3)9-5-6-12(17-4)11(15)7-9/h5-7,10,13,16H,8H2,1-4H3. The van der Waals surface area contributed by atoms with Crippen molar-refractivity contribution in [1.82, 2.24) is 5.32 Å². The Morgan fingerprint density at radius 3 is 2.53 bits per heavy atom. The van der Waals surface area contributed by atoms with Crippen molar-refractivity contribution in [3.8, 4) is 5.75 Å². The summed E-state index contributed by atoms with van der Waals surface area (Å²) in [6, 6.07) is 5.45. The molecule has 2 atom stereocenters. The van der Waals surface area contributed by atoms with Crippen molar-refractivity contribution in [3.05, 3.63) is 29.6 Å². The van der Waals surface area contributed by atoms with Gasteiger partial charge in [-0.1, -0.05) is 19.9 Å². The molecule has 1 aliphatic rings. The fourth-order valence-electron chi connectivity index (χ4n) is 2.55. The molecular weight excluding hydrogens is 217 g/mol. The molecule has 0 heterocycles. The summed E-state index contributed by atoms with van der Waals surface area (Å²) in [7, 11) is 3.42. The molecule has 1 aliphatic carbocycles. The molecule has 2 nitrogen and oxygen atoms in total. The van der Waals surface area contributed by atoms with Crippen LogP contribution in [0.1, 0.15) is 31.9 Å². The third kappa shape index (κ3) is 2.29. The molecule has 3 heteroatoms. The minimum absolute atomic E-state index is 0.227. The molecule has 1 aromatic carbocycles. The summed E-state index contributed by atoms with van der Waals surface area (Å²) in [6.07, 6.45) is 1.19. The summed E-state index contributed by atoms with van der Waals surface area (Å²) >= 11 is 0. The number of halogens is 1. The van der Waals surface area contributed by atoms with E-state index in [-0.39, 0.29) is 11.9 Å². The minimum Gasteiger partial charge on any atom is -0.494 e. The van der Waals surface area contributed by atoms with Crippen LogP contribution in [0.4, 0.5) is 4.39 Å². The molecular formula is C14H20FNO. The van der Waals surface area contributed by atoms with Gasteiger partial charge in [-0.25, -0.2) is 4.39 Å². The maximum Gasteiger partial charge on any atom is 0.165 e. The lowest BCUT2D eigenvalue weighted by Crippen LogP contribution is -2.20. The lowest BCUT2D eigenvalue weighted by molar-refractivity contribution is 0.384. The highest BCUT2D eigenvalue weighted by Gasteiger charge is 2.50. The zero-order chi connectivity index (χ0) is 12.6. The maximum absolute atomic E-state index is 13.7. The number of benzene rings is 1. The van der Waals surface area contributed by atoms with E-state index in [9.17, 15) is 4.39 Å². The van der Waals surface area contributed by atoms with Gasteiger partial charge >= 0.3 is 0 Å². The zero-order valence-electron chi connectivity index (χ0n) is 10.9. The van der Waals surface area contributed by atoms with Crippen LogP contribution in [-0.4, -0.2) is 14.2 Å². The second kappa shape index (κ2) is 4.30. The van der Waals surface area contributed by atoms with Crippen LogP contribution in [0.15, 0.2) is 18.2 Å². The van der Waals surface area contributed by atoms with Crippen molar-refractivity contribution < 1.29 is 9.13 Å². The van der Waals surface area contributed by atoms with Crippen LogP contribution in [0.2, 0.25) is 0 Å². The van der Waals surface area contributed by atoms with E-state index in [0.29, 0.717) is 17.1 Å². The number of hydrogen-bond acceptors (Lipinski definition) is 2. The van der Waals surface area contributed by atoms with E-state index < -0.39 is 0 Å². The average molecular weight is 237 g/mol. The number of hydrogen-bond donors (Lipinski definition) is 1. The van der Waals surface area contributed by atoms with Crippen LogP contribution in [0.5, 0.6) is 5.75 Å². The fraction of sp³-hybridized carbons (Fsp3) is 0.571. The van der Waals surface area contributed by atoms with E-state index in [1.54, 1.807) is 12.1 Å². The van der Waals surface area contributed by atoms with Crippen molar-refractivity contribution >= 4 is 0 Å². The molecule has 2 rings (SSSR count). The largest absolute Gasteiger partial charge is 0.494 e. The molecule has 1 fully saturated rings. The molecule has 17 heavy (non-hydrogen) atoms.